The van der Waals surface area contributed by atoms with Crippen molar-refractivity contribution < 1.29 is 9.59 Å². The van der Waals surface area contributed by atoms with Crippen molar-refractivity contribution >= 4 is 11.8 Å². The highest BCUT2D eigenvalue weighted by Crippen LogP contribution is 2.28. The predicted octanol–water partition coefficient (Wildman–Crippen LogP) is 2.08. The number of hydrogen-bond acceptors (Lipinski definition) is 2. The van der Waals surface area contributed by atoms with Crippen LogP contribution in [0.5, 0.6) is 0 Å². The third-order valence-corrected chi connectivity index (χ3v) is 4.48. The molecule has 0 radical (unpaired) electrons. The molecule has 1 heterocycles. The maximum absolute atomic E-state index is 12.5. The molecule has 0 spiro atoms. The highest BCUT2D eigenvalue weighted by Gasteiger charge is 2.40. The van der Waals surface area contributed by atoms with Crippen molar-refractivity contribution in [1.82, 2.24) is 10.2 Å². The Morgan fingerprint density at radius 1 is 1.21 bits per heavy atom. The molecule has 2 fully saturated rings. The van der Waals surface area contributed by atoms with Crippen molar-refractivity contribution in [2.24, 2.45) is 5.92 Å². The Morgan fingerprint density at radius 2 is 1.89 bits per heavy atom. The summed E-state index contributed by atoms with van der Waals surface area (Å²) in [4.78, 5) is 26.5. The molecule has 0 aromatic rings. The van der Waals surface area contributed by atoms with Crippen LogP contribution in [0.25, 0.3) is 0 Å². The van der Waals surface area contributed by atoms with E-state index < -0.39 is 0 Å². The Morgan fingerprint density at radius 3 is 2.47 bits per heavy atom. The van der Waals surface area contributed by atoms with Gasteiger partial charge in [-0.25, -0.2) is 0 Å². The molecule has 1 saturated heterocycles. The van der Waals surface area contributed by atoms with Crippen molar-refractivity contribution in [3.8, 4) is 0 Å². The smallest absolute Gasteiger partial charge is 0.245 e. The first-order valence-electron chi connectivity index (χ1n) is 7.78. The summed E-state index contributed by atoms with van der Waals surface area (Å²) in [5.41, 5.74) is 0. The first-order chi connectivity index (χ1) is 9.17. The average Bonchev–Trinajstić information content (AvgIpc) is 2.90. The Kier molecular flexibility index (Phi) is 4.83. The van der Waals surface area contributed by atoms with Crippen molar-refractivity contribution in [3.05, 3.63) is 0 Å². The van der Waals surface area contributed by atoms with E-state index in [1.807, 2.05) is 11.8 Å². The zero-order valence-electron chi connectivity index (χ0n) is 12.2. The van der Waals surface area contributed by atoms with Crippen LogP contribution in [0.4, 0.5) is 0 Å². The largest absolute Gasteiger partial charge is 0.343 e. The van der Waals surface area contributed by atoms with E-state index in [4.69, 9.17) is 0 Å². The van der Waals surface area contributed by atoms with E-state index in [2.05, 4.69) is 12.2 Å². The molecule has 19 heavy (non-hydrogen) atoms. The second kappa shape index (κ2) is 6.40. The minimum absolute atomic E-state index is 0.0475. The summed E-state index contributed by atoms with van der Waals surface area (Å²) in [6.45, 7) is 4.81. The molecule has 2 rings (SSSR count). The molecule has 1 aliphatic carbocycles. The number of carbonyl (C=O) groups excluding carboxylic acids is 2. The number of nitrogens with zero attached hydrogens (tertiary/aromatic N) is 1. The summed E-state index contributed by atoms with van der Waals surface area (Å²) in [7, 11) is 0. The van der Waals surface area contributed by atoms with Gasteiger partial charge in [0, 0.05) is 6.54 Å². The molecule has 1 N–H and O–H groups in total. The van der Waals surface area contributed by atoms with E-state index in [0.29, 0.717) is 12.3 Å². The zero-order valence-corrected chi connectivity index (χ0v) is 12.2. The number of hydrogen-bond donors (Lipinski definition) is 1. The molecule has 2 aliphatic rings. The maximum Gasteiger partial charge on any atom is 0.245 e. The normalized spacial score (nSPS) is 28.8. The Hall–Kier alpha value is -1.06. The van der Waals surface area contributed by atoms with Crippen LogP contribution in [0.15, 0.2) is 0 Å². The summed E-state index contributed by atoms with van der Waals surface area (Å²) in [5.74, 6) is 0.783. The molecular formula is C15H26N2O2. The number of rotatable bonds is 5. The molecule has 2 atom stereocenters. The van der Waals surface area contributed by atoms with Crippen LogP contribution in [0.2, 0.25) is 0 Å². The van der Waals surface area contributed by atoms with Gasteiger partial charge in [-0.05, 0) is 31.6 Å². The van der Waals surface area contributed by atoms with Crippen LogP contribution in [0.1, 0.15) is 58.8 Å². The van der Waals surface area contributed by atoms with Crippen LogP contribution in [-0.4, -0.2) is 35.3 Å². The van der Waals surface area contributed by atoms with Gasteiger partial charge in [-0.15, -0.1) is 0 Å². The first-order valence-corrected chi connectivity index (χ1v) is 7.78. The lowest BCUT2D eigenvalue weighted by atomic mass is 9.98. The predicted molar refractivity (Wildman–Crippen MR) is 74.6 cm³/mol. The van der Waals surface area contributed by atoms with Gasteiger partial charge in [-0.1, -0.05) is 33.1 Å². The minimum atomic E-state index is -0.304. The lowest BCUT2D eigenvalue weighted by molar-refractivity contribution is -0.150. The van der Waals surface area contributed by atoms with E-state index in [1.165, 1.54) is 25.7 Å². The third kappa shape index (κ3) is 3.10. The Labute approximate surface area is 115 Å². The van der Waals surface area contributed by atoms with Crippen molar-refractivity contribution in [2.75, 3.05) is 6.54 Å². The summed E-state index contributed by atoms with van der Waals surface area (Å²) in [5, 5.41) is 2.88. The molecule has 4 heteroatoms. The second-order valence-electron chi connectivity index (χ2n) is 5.91. The van der Waals surface area contributed by atoms with Crippen LogP contribution >= 0.6 is 0 Å². The molecule has 0 bridgehead atoms. The monoisotopic (exact) mass is 266 g/mol. The van der Waals surface area contributed by atoms with Gasteiger partial charge < -0.3 is 10.2 Å². The Bertz CT molecular complexity index is 337. The molecular weight excluding hydrogens is 240 g/mol. The van der Waals surface area contributed by atoms with E-state index in [1.54, 1.807) is 0 Å². The summed E-state index contributed by atoms with van der Waals surface area (Å²) < 4.78 is 0. The van der Waals surface area contributed by atoms with E-state index >= 15 is 0 Å². The molecule has 1 saturated carbocycles. The standard InChI is InChI=1S/C15H26N2O2/c1-3-7-13-14(18)16-12(4-2)15(19)17(13)10-11-8-5-6-9-11/h11-13H,3-10H2,1-2H3,(H,16,18). The molecule has 108 valence electrons. The van der Waals surface area contributed by atoms with Gasteiger partial charge in [0.1, 0.15) is 12.1 Å². The summed E-state index contributed by atoms with van der Waals surface area (Å²) >= 11 is 0. The third-order valence-electron chi connectivity index (χ3n) is 4.48. The highest BCUT2D eigenvalue weighted by atomic mass is 16.2. The van der Waals surface area contributed by atoms with Crippen molar-refractivity contribution in [2.45, 2.75) is 70.9 Å². The quantitative estimate of drug-likeness (QED) is 0.828. The van der Waals surface area contributed by atoms with E-state index in [0.717, 1.165) is 19.4 Å². The topological polar surface area (TPSA) is 49.4 Å². The van der Waals surface area contributed by atoms with Gasteiger partial charge in [0.05, 0.1) is 0 Å². The number of carbonyl (C=O) groups is 2. The lowest BCUT2D eigenvalue weighted by Crippen LogP contribution is -2.63. The molecule has 2 amide bonds. The van der Waals surface area contributed by atoms with Gasteiger partial charge in [0.2, 0.25) is 11.8 Å². The van der Waals surface area contributed by atoms with E-state index in [-0.39, 0.29) is 23.9 Å². The molecule has 4 nitrogen and oxygen atoms in total. The zero-order chi connectivity index (χ0) is 13.8. The minimum Gasteiger partial charge on any atom is -0.343 e. The summed E-state index contributed by atoms with van der Waals surface area (Å²) in [6, 6.07) is -0.539. The van der Waals surface area contributed by atoms with Crippen LogP contribution < -0.4 is 5.32 Å². The van der Waals surface area contributed by atoms with E-state index in [9.17, 15) is 9.59 Å². The first kappa shape index (κ1) is 14.4. The fourth-order valence-electron chi connectivity index (χ4n) is 3.35. The maximum atomic E-state index is 12.5. The fourth-order valence-corrected chi connectivity index (χ4v) is 3.35. The van der Waals surface area contributed by atoms with Crippen LogP contribution in [-0.2, 0) is 9.59 Å². The molecule has 1 aliphatic heterocycles. The van der Waals surface area contributed by atoms with Gasteiger partial charge in [-0.3, -0.25) is 9.59 Å². The van der Waals surface area contributed by atoms with Crippen molar-refractivity contribution in [1.29, 1.82) is 0 Å². The second-order valence-corrected chi connectivity index (χ2v) is 5.91. The molecule has 0 aromatic heterocycles. The molecule has 0 aromatic carbocycles. The van der Waals surface area contributed by atoms with Gasteiger partial charge in [0.15, 0.2) is 0 Å². The van der Waals surface area contributed by atoms with Crippen LogP contribution in [0, 0.1) is 5.92 Å². The van der Waals surface area contributed by atoms with Crippen molar-refractivity contribution in [3.63, 3.8) is 0 Å². The summed E-state index contributed by atoms with van der Waals surface area (Å²) in [6.07, 6.45) is 7.36. The lowest BCUT2D eigenvalue weighted by Gasteiger charge is -2.40. The van der Waals surface area contributed by atoms with Gasteiger partial charge in [-0.2, -0.15) is 0 Å². The highest BCUT2D eigenvalue weighted by molar-refractivity contribution is 5.96. The van der Waals surface area contributed by atoms with Gasteiger partial charge in [0.25, 0.3) is 0 Å². The number of piperazine rings is 1. The van der Waals surface area contributed by atoms with Crippen LogP contribution in [0.3, 0.4) is 0 Å². The SMILES string of the molecule is CCCC1C(=O)NC(CC)C(=O)N1CC1CCCC1. The number of amides is 2. The number of nitrogens with one attached hydrogen (secondary N) is 1. The fraction of sp³-hybridized carbons (Fsp3) is 0.867. The van der Waals surface area contributed by atoms with Gasteiger partial charge >= 0.3 is 0 Å². The molecule has 2 unspecified atom stereocenters. The average molecular weight is 266 g/mol. The Balaban J connectivity index is 2.10.